The fourth-order valence-corrected chi connectivity index (χ4v) is 2.73. The van der Waals surface area contributed by atoms with Gasteiger partial charge in [-0.05, 0) is 25.1 Å². The first kappa shape index (κ1) is 15.3. The molecule has 1 fully saturated rings. The van der Waals surface area contributed by atoms with Crippen LogP contribution in [0.4, 0.5) is 0 Å². The number of amides is 1. The van der Waals surface area contributed by atoms with Crippen molar-refractivity contribution in [3.05, 3.63) is 28.5 Å². The van der Waals surface area contributed by atoms with Crippen molar-refractivity contribution in [3.8, 4) is 0 Å². The number of rotatable bonds is 4. The summed E-state index contributed by atoms with van der Waals surface area (Å²) in [6, 6.07) is 3.55. The van der Waals surface area contributed by atoms with E-state index in [2.05, 4.69) is 23.7 Å². The Kier molecular flexibility index (Phi) is 5.38. The highest BCUT2D eigenvalue weighted by atomic mass is 35.5. The van der Waals surface area contributed by atoms with Crippen molar-refractivity contribution in [1.82, 2.24) is 14.8 Å². The van der Waals surface area contributed by atoms with Gasteiger partial charge in [-0.2, -0.15) is 0 Å². The van der Waals surface area contributed by atoms with Crippen molar-refractivity contribution in [2.75, 3.05) is 32.7 Å². The van der Waals surface area contributed by atoms with Crippen molar-refractivity contribution < 1.29 is 4.79 Å². The first-order valence-corrected chi connectivity index (χ1v) is 7.70. The molecule has 0 radical (unpaired) electrons. The predicted octanol–water partition coefficient (Wildman–Crippen LogP) is 2.47. The van der Waals surface area contributed by atoms with Crippen LogP contribution in [0.1, 0.15) is 36.3 Å². The molecule has 4 nitrogen and oxygen atoms in total. The van der Waals surface area contributed by atoms with Gasteiger partial charge in [-0.1, -0.05) is 31.9 Å². The molecule has 0 saturated carbocycles. The van der Waals surface area contributed by atoms with Gasteiger partial charge in [-0.15, -0.1) is 0 Å². The molecule has 0 aromatic carbocycles. The van der Waals surface area contributed by atoms with E-state index < -0.39 is 0 Å². The minimum Gasteiger partial charge on any atom is -0.336 e. The third kappa shape index (κ3) is 3.70. The SMILES string of the molecule is CCCc1cc(C(=O)N2CCN(CC)CC2)cc(Cl)n1. The molecule has 0 unspecified atom stereocenters. The Labute approximate surface area is 125 Å². The average Bonchev–Trinajstić information content (AvgIpc) is 2.46. The molecule has 1 aliphatic rings. The zero-order valence-corrected chi connectivity index (χ0v) is 13.0. The largest absolute Gasteiger partial charge is 0.336 e. The Balaban J connectivity index is 2.09. The summed E-state index contributed by atoms with van der Waals surface area (Å²) in [6.45, 7) is 8.76. The molecule has 2 heterocycles. The molecule has 0 atom stereocenters. The lowest BCUT2D eigenvalue weighted by Crippen LogP contribution is -2.48. The summed E-state index contributed by atoms with van der Waals surface area (Å²) in [5, 5.41) is 0.409. The van der Waals surface area contributed by atoms with E-state index in [1.807, 2.05) is 11.0 Å². The second-order valence-corrected chi connectivity index (χ2v) is 5.53. The molecule has 2 rings (SSSR count). The van der Waals surface area contributed by atoms with Crippen molar-refractivity contribution in [1.29, 1.82) is 0 Å². The van der Waals surface area contributed by atoms with Crippen LogP contribution in [0.3, 0.4) is 0 Å². The highest BCUT2D eigenvalue weighted by molar-refractivity contribution is 6.29. The van der Waals surface area contributed by atoms with Gasteiger partial charge < -0.3 is 9.80 Å². The summed E-state index contributed by atoms with van der Waals surface area (Å²) >= 11 is 6.02. The Hall–Kier alpha value is -1.13. The number of pyridine rings is 1. The Morgan fingerprint density at radius 1 is 1.25 bits per heavy atom. The Morgan fingerprint density at radius 3 is 2.55 bits per heavy atom. The van der Waals surface area contributed by atoms with Gasteiger partial charge in [-0.25, -0.2) is 4.98 Å². The van der Waals surface area contributed by atoms with Crippen molar-refractivity contribution in [2.45, 2.75) is 26.7 Å². The summed E-state index contributed by atoms with van der Waals surface area (Å²) in [5.41, 5.74) is 1.56. The van der Waals surface area contributed by atoms with Crippen LogP contribution in [-0.2, 0) is 6.42 Å². The van der Waals surface area contributed by atoms with Crippen LogP contribution in [-0.4, -0.2) is 53.4 Å². The third-order valence-corrected chi connectivity index (χ3v) is 3.90. The number of nitrogens with zero attached hydrogens (tertiary/aromatic N) is 3. The number of aromatic nitrogens is 1. The van der Waals surface area contributed by atoms with Crippen molar-refractivity contribution >= 4 is 17.5 Å². The standard InChI is InChI=1S/C15H22ClN3O/c1-3-5-13-10-12(11-14(16)17-13)15(20)19-8-6-18(4-2)7-9-19/h10-11H,3-9H2,1-2H3. The molecular weight excluding hydrogens is 274 g/mol. The Morgan fingerprint density at radius 2 is 1.95 bits per heavy atom. The number of likely N-dealkylation sites (N-methyl/N-ethyl adjacent to an activating group) is 1. The third-order valence-electron chi connectivity index (χ3n) is 3.71. The van der Waals surface area contributed by atoms with Crippen LogP contribution < -0.4 is 0 Å². The normalized spacial score (nSPS) is 16.4. The molecule has 20 heavy (non-hydrogen) atoms. The minimum absolute atomic E-state index is 0.0717. The van der Waals surface area contributed by atoms with E-state index >= 15 is 0 Å². The summed E-state index contributed by atoms with van der Waals surface area (Å²) in [5.74, 6) is 0.0717. The number of halogens is 1. The van der Waals surface area contributed by atoms with Gasteiger partial charge in [0.1, 0.15) is 5.15 Å². The Bertz CT molecular complexity index is 470. The second-order valence-electron chi connectivity index (χ2n) is 5.15. The molecule has 1 saturated heterocycles. The molecule has 5 heteroatoms. The van der Waals surface area contributed by atoms with E-state index in [1.54, 1.807) is 6.07 Å². The van der Waals surface area contributed by atoms with E-state index in [0.717, 1.165) is 51.3 Å². The number of piperazine rings is 1. The molecule has 0 N–H and O–H groups in total. The fourth-order valence-electron chi connectivity index (χ4n) is 2.51. The molecule has 1 aliphatic heterocycles. The fraction of sp³-hybridized carbons (Fsp3) is 0.600. The number of carbonyl (C=O) groups excluding carboxylic acids is 1. The van der Waals surface area contributed by atoms with Crippen LogP contribution in [0, 0.1) is 0 Å². The highest BCUT2D eigenvalue weighted by Crippen LogP contribution is 2.15. The number of hydrogen-bond acceptors (Lipinski definition) is 3. The van der Waals surface area contributed by atoms with Gasteiger partial charge in [0.15, 0.2) is 0 Å². The van der Waals surface area contributed by atoms with Gasteiger partial charge in [0.05, 0.1) is 0 Å². The lowest BCUT2D eigenvalue weighted by atomic mass is 10.1. The summed E-state index contributed by atoms with van der Waals surface area (Å²) < 4.78 is 0. The molecule has 1 aromatic rings. The molecule has 0 bridgehead atoms. The quantitative estimate of drug-likeness (QED) is 0.801. The molecule has 1 amide bonds. The topological polar surface area (TPSA) is 36.4 Å². The van der Waals surface area contributed by atoms with Crippen LogP contribution in [0.5, 0.6) is 0 Å². The minimum atomic E-state index is 0.0717. The second kappa shape index (κ2) is 7.04. The van der Waals surface area contributed by atoms with Crippen LogP contribution in [0.15, 0.2) is 12.1 Å². The molecule has 0 aliphatic carbocycles. The molecular formula is C15H22ClN3O. The molecule has 0 spiro atoms. The van der Waals surface area contributed by atoms with Crippen molar-refractivity contribution in [2.24, 2.45) is 0 Å². The molecule has 1 aromatic heterocycles. The van der Waals surface area contributed by atoms with E-state index in [1.165, 1.54) is 0 Å². The summed E-state index contributed by atoms with van der Waals surface area (Å²) in [6.07, 6.45) is 1.85. The highest BCUT2D eigenvalue weighted by Gasteiger charge is 2.22. The van der Waals surface area contributed by atoms with Crippen molar-refractivity contribution in [3.63, 3.8) is 0 Å². The van der Waals surface area contributed by atoms with Crippen LogP contribution >= 0.6 is 11.6 Å². The maximum absolute atomic E-state index is 12.5. The number of aryl methyl sites for hydroxylation is 1. The maximum atomic E-state index is 12.5. The predicted molar refractivity (Wildman–Crippen MR) is 81.3 cm³/mol. The zero-order valence-electron chi connectivity index (χ0n) is 12.2. The van der Waals surface area contributed by atoms with Gasteiger partial charge >= 0.3 is 0 Å². The van der Waals surface area contributed by atoms with Gasteiger partial charge in [-0.3, -0.25) is 4.79 Å². The monoisotopic (exact) mass is 295 g/mol. The average molecular weight is 296 g/mol. The lowest BCUT2D eigenvalue weighted by Gasteiger charge is -2.34. The summed E-state index contributed by atoms with van der Waals surface area (Å²) in [7, 11) is 0. The van der Waals surface area contributed by atoms with Gasteiger partial charge in [0.25, 0.3) is 5.91 Å². The number of hydrogen-bond donors (Lipinski definition) is 0. The molecule has 110 valence electrons. The van der Waals surface area contributed by atoms with Gasteiger partial charge in [0.2, 0.25) is 0 Å². The zero-order chi connectivity index (χ0) is 14.5. The van der Waals surface area contributed by atoms with Crippen LogP contribution in [0.2, 0.25) is 5.15 Å². The van der Waals surface area contributed by atoms with E-state index in [9.17, 15) is 4.79 Å². The lowest BCUT2D eigenvalue weighted by molar-refractivity contribution is 0.0643. The maximum Gasteiger partial charge on any atom is 0.254 e. The summed E-state index contributed by atoms with van der Waals surface area (Å²) in [4.78, 5) is 21.1. The smallest absolute Gasteiger partial charge is 0.254 e. The first-order valence-electron chi connectivity index (χ1n) is 7.32. The first-order chi connectivity index (χ1) is 9.63. The number of carbonyl (C=O) groups is 1. The van der Waals surface area contributed by atoms with E-state index in [-0.39, 0.29) is 5.91 Å². The van der Waals surface area contributed by atoms with Gasteiger partial charge in [0, 0.05) is 37.4 Å². The van der Waals surface area contributed by atoms with Crippen LogP contribution in [0.25, 0.3) is 0 Å². The van der Waals surface area contributed by atoms with E-state index in [4.69, 9.17) is 11.6 Å². The van der Waals surface area contributed by atoms with E-state index in [0.29, 0.717) is 10.7 Å².